The van der Waals surface area contributed by atoms with Gasteiger partial charge in [-0.3, -0.25) is 4.79 Å². The minimum atomic E-state index is -0.264. The van der Waals surface area contributed by atoms with Gasteiger partial charge in [0.15, 0.2) is 0 Å². The van der Waals surface area contributed by atoms with Gasteiger partial charge in [-0.25, -0.2) is 4.98 Å². The molecule has 5 heteroatoms. The van der Waals surface area contributed by atoms with Crippen LogP contribution in [0.5, 0.6) is 5.75 Å². The number of benzene rings is 1. The number of H-pyrrole nitrogens is 1. The van der Waals surface area contributed by atoms with E-state index in [1.807, 2.05) is 0 Å². The number of methoxy groups -OCH3 is 1. The van der Waals surface area contributed by atoms with E-state index < -0.39 is 0 Å². The van der Waals surface area contributed by atoms with Crippen LogP contribution in [0, 0.1) is 5.41 Å². The van der Waals surface area contributed by atoms with Gasteiger partial charge in [-0.15, -0.1) is 0 Å². The summed E-state index contributed by atoms with van der Waals surface area (Å²) < 4.78 is 5.26. The Bertz CT molecular complexity index is 701. The van der Waals surface area contributed by atoms with Gasteiger partial charge in [0.2, 0.25) is 0 Å². The second-order valence-corrected chi connectivity index (χ2v) is 3.92. The molecule has 0 unspecified atom stereocenters. The normalized spacial score (nSPS) is 10.3. The number of ether oxygens (including phenoxy) is 1. The summed E-state index contributed by atoms with van der Waals surface area (Å²) in [7, 11) is 1.53. The van der Waals surface area contributed by atoms with Crippen molar-refractivity contribution in [2.24, 2.45) is 0 Å². The average molecular weight is 243 g/mol. The molecule has 0 spiro atoms. The predicted molar refractivity (Wildman–Crippen MR) is 71.4 cm³/mol. The van der Waals surface area contributed by atoms with E-state index in [0.717, 1.165) is 0 Å². The second kappa shape index (κ2) is 4.44. The molecule has 0 saturated heterocycles. The second-order valence-electron chi connectivity index (χ2n) is 3.92. The molecule has 5 nitrogen and oxygen atoms in total. The third-order valence-electron chi connectivity index (χ3n) is 2.67. The third-order valence-corrected chi connectivity index (χ3v) is 2.67. The Labute approximate surface area is 104 Å². The van der Waals surface area contributed by atoms with Crippen LogP contribution in [0.3, 0.4) is 0 Å². The van der Waals surface area contributed by atoms with Crippen LogP contribution in [0.1, 0.15) is 12.5 Å². The van der Waals surface area contributed by atoms with Crippen LogP contribution in [0.25, 0.3) is 16.6 Å². The molecule has 1 aromatic heterocycles. The van der Waals surface area contributed by atoms with Gasteiger partial charge < -0.3 is 15.1 Å². The molecule has 2 aromatic rings. The van der Waals surface area contributed by atoms with E-state index in [2.05, 4.69) is 16.5 Å². The van der Waals surface area contributed by atoms with E-state index in [0.29, 0.717) is 33.6 Å². The minimum absolute atomic E-state index is 0.264. The first-order valence-electron chi connectivity index (χ1n) is 5.35. The van der Waals surface area contributed by atoms with Crippen molar-refractivity contribution in [2.45, 2.75) is 6.92 Å². The lowest BCUT2D eigenvalue weighted by Gasteiger charge is -2.11. The quantitative estimate of drug-likeness (QED) is 0.809. The van der Waals surface area contributed by atoms with E-state index in [1.165, 1.54) is 13.3 Å². The highest BCUT2D eigenvalue weighted by molar-refractivity contribution is 6.21. The number of aromatic nitrogens is 2. The Morgan fingerprint density at radius 1 is 1.50 bits per heavy atom. The van der Waals surface area contributed by atoms with Gasteiger partial charge in [0, 0.05) is 17.3 Å². The summed E-state index contributed by atoms with van der Waals surface area (Å²) in [6.07, 6.45) is 1.22. The summed E-state index contributed by atoms with van der Waals surface area (Å²) in [4.78, 5) is 17.9. The van der Waals surface area contributed by atoms with Gasteiger partial charge in [-0.2, -0.15) is 0 Å². The Kier molecular flexibility index (Phi) is 2.97. The number of aromatic amines is 1. The van der Waals surface area contributed by atoms with Crippen molar-refractivity contribution < 1.29 is 4.74 Å². The zero-order chi connectivity index (χ0) is 13.3. The lowest BCUT2D eigenvalue weighted by atomic mass is 10.0. The number of hydrogen-bond acceptors (Lipinski definition) is 4. The molecule has 0 saturated carbocycles. The van der Waals surface area contributed by atoms with Crippen LogP contribution in [-0.4, -0.2) is 22.8 Å². The van der Waals surface area contributed by atoms with E-state index in [-0.39, 0.29) is 5.56 Å². The molecule has 0 aliphatic heterocycles. The van der Waals surface area contributed by atoms with Crippen molar-refractivity contribution >= 4 is 22.3 Å². The highest BCUT2D eigenvalue weighted by Crippen LogP contribution is 2.28. The Morgan fingerprint density at radius 3 is 2.83 bits per heavy atom. The molecule has 1 heterocycles. The highest BCUT2D eigenvalue weighted by Gasteiger charge is 2.11. The molecule has 0 bridgehead atoms. The molecule has 1 aromatic carbocycles. The monoisotopic (exact) mass is 243 g/mol. The minimum Gasteiger partial charge on any atom is -0.496 e. The zero-order valence-electron chi connectivity index (χ0n) is 10.2. The molecular formula is C13H13N3O2. The molecule has 2 rings (SSSR count). The lowest BCUT2D eigenvalue weighted by Crippen LogP contribution is -2.06. The molecule has 0 aliphatic carbocycles. The van der Waals surface area contributed by atoms with Crippen LogP contribution in [0.15, 0.2) is 29.7 Å². The molecule has 0 amide bonds. The molecule has 0 radical (unpaired) electrons. The van der Waals surface area contributed by atoms with Crippen molar-refractivity contribution in [2.75, 3.05) is 7.11 Å². The molecule has 0 atom stereocenters. The summed E-state index contributed by atoms with van der Waals surface area (Å²) in [5.41, 5.74) is 2.60. The summed E-state index contributed by atoms with van der Waals surface area (Å²) in [5, 5.41) is 7.62. The maximum atomic E-state index is 11.2. The number of nitrogens with zero attached hydrogens (tertiary/aromatic N) is 1. The fourth-order valence-electron chi connectivity index (χ4n) is 1.68. The molecule has 2 N–H and O–H groups in total. The van der Waals surface area contributed by atoms with Crippen LogP contribution in [0.4, 0.5) is 0 Å². The largest absolute Gasteiger partial charge is 0.496 e. The van der Waals surface area contributed by atoms with Crippen LogP contribution < -0.4 is 10.3 Å². The number of allylic oxidation sites excluding steroid dienone is 1. The number of hydrogen-bond donors (Lipinski definition) is 2. The number of rotatable bonds is 3. The fraction of sp³-hybridized carbons (Fsp3) is 0.154. The van der Waals surface area contributed by atoms with Gasteiger partial charge in [-0.05, 0) is 18.6 Å². The van der Waals surface area contributed by atoms with Crippen molar-refractivity contribution in [3.63, 3.8) is 0 Å². The van der Waals surface area contributed by atoms with Gasteiger partial charge in [0.25, 0.3) is 5.56 Å². The Hall–Kier alpha value is -2.43. The maximum Gasteiger partial charge on any atom is 0.266 e. The van der Waals surface area contributed by atoms with Crippen molar-refractivity contribution in [3.8, 4) is 5.75 Å². The van der Waals surface area contributed by atoms with Crippen LogP contribution >= 0.6 is 0 Å². The lowest BCUT2D eigenvalue weighted by molar-refractivity contribution is 0.414. The van der Waals surface area contributed by atoms with Gasteiger partial charge in [-0.1, -0.05) is 6.58 Å². The average Bonchev–Trinajstić information content (AvgIpc) is 2.36. The van der Waals surface area contributed by atoms with Gasteiger partial charge in [0.1, 0.15) is 5.75 Å². The van der Waals surface area contributed by atoms with E-state index in [4.69, 9.17) is 10.1 Å². The topological polar surface area (TPSA) is 78.8 Å². The third kappa shape index (κ3) is 2.02. The summed E-state index contributed by atoms with van der Waals surface area (Å²) in [5.74, 6) is 0.558. The van der Waals surface area contributed by atoms with Gasteiger partial charge >= 0.3 is 0 Å². The first-order valence-corrected chi connectivity index (χ1v) is 5.35. The Balaban J connectivity index is 2.74. The molecular weight excluding hydrogens is 230 g/mol. The predicted octanol–water partition coefficient (Wildman–Crippen LogP) is 1.98. The van der Waals surface area contributed by atoms with E-state index >= 15 is 0 Å². The standard InChI is InChI=1S/C13H13N3O2/c1-7(8(2)14)9-4-10-11(5-12(9)18-3)16-13(17)6-15-10/h4-6,14H,1H2,2-3H3,(H,16,17). The molecule has 92 valence electrons. The molecule has 0 fully saturated rings. The van der Waals surface area contributed by atoms with Crippen LogP contribution in [-0.2, 0) is 0 Å². The zero-order valence-corrected chi connectivity index (χ0v) is 10.2. The summed E-state index contributed by atoms with van der Waals surface area (Å²) in [6.45, 7) is 5.51. The smallest absolute Gasteiger partial charge is 0.266 e. The summed E-state index contributed by atoms with van der Waals surface area (Å²) >= 11 is 0. The fourth-order valence-corrected chi connectivity index (χ4v) is 1.68. The first kappa shape index (κ1) is 12.0. The first-order chi connectivity index (χ1) is 8.52. The number of nitrogens with one attached hydrogen (secondary N) is 2. The molecule has 18 heavy (non-hydrogen) atoms. The SMILES string of the molecule is C=C(C(C)=N)c1cc2ncc(=O)[nH]c2cc1OC. The van der Waals surface area contributed by atoms with Crippen molar-refractivity contribution in [1.29, 1.82) is 5.41 Å². The number of fused-ring (bicyclic) bond motifs is 1. The summed E-state index contributed by atoms with van der Waals surface area (Å²) in [6, 6.07) is 3.44. The Morgan fingerprint density at radius 2 is 2.22 bits per heavy atom. The van der Waals surface area contributed by atoms with E-state index in [1.54, 1.807) is 19.1 Å². The van der Waals surface area contributed by atoms with Crippen molar-refractivity contribution in [3.05, 3.63) is 40.8 Å². The van der Waals surface area contributed by atoms with Gasteiger partial charge in [0.05, 0.1) is 24.3 Å². The highest BCUT2D eigenvalue weighted by atomic mass is 16.5. The van der Waals surface area contributed by atoms with E-state index in [9.17, 15) is 4.79 Å². The molecule has 0 aliphatic rings. The van der Waals surface area contributed by atoms with Crippen molar-refractivity contribution in [1.82, 2.24) is 9.97 Å². The maximum absolute atomic E-state index is 11.2. The van der Waals surface area contributed by atoms with Crippen LogP contribution in [0.2, 0.25) is 0 Å².